The molecule has 2 aromatic heterocycles. The topological polar surface area (TPSA) is 78.5 Å². The van der Waals surface area contributed by atoms with E-state index in [0.717, 1.165) is 4.68 Å². The second-order valence-corrected chi connectivity index (χ2v) is 3.21. The van der Waals surface area contributed by atoms with Crippen molar-refractivity contribution in [1.82, 2.24) is 19.2 Å². The molecule has 0 bridgehead atoms. The molecule has 0 aliphatic rings. The molecule has 2 aromatic rings. The Morgan fingerprint density at radius 2 is 2.31 bits per heavy atom. The Hall–Kier alpha value is -2.18. The van der Waals surface area contributed by atoms with E-state index in [4.69, 9.17) is 0 Å². The van der Waals surface area contributed by atoms with Crippen LogP contribution in [0.4, 0.5) is 0 Å². The van der Waals surface area contributed by atoms with Crippen molar-refractivity contribution in [2.75, 3.05) is 7.11 Å². The zero-order valence-corrected chi connectivity index (χ0v) is 8.88. The van der Waals surface area contributed by atoms with Gasteiger partial charge in [-0.1, -0.05) is 0 Å². The van der Waals surface area contributed by atoms with E-state index >= 15 is 0 Å². The Balaban J connectivity index is 2.58. The highest BCUT2D eigenvalue weighted by molar-refractivity contribution is 5.68. The summed E-state index contributed by atoms with van der Waals surface area (Å²) in [5, 5.41) is 3.99. The molecule has 7 nitrogen and oxygen atoms in total. The molecule has 2 heterocycles. The maximum absolute atomic E-state index is 11.8. The van der Waals surface area contributed by atoms with Crippen molar-refractivity contribution in [1.29, 1.82) is 0 Å². The van der Waals surface area contributed by atoms with Gasteiger partial charge in [0.05, 0.1) is 7.11 Å². The van der Waals surface area contributed by atoms with E-state index in [0.29, 0.717) is 5.82 Å². The first-order chi connectivity index (χ1) is 7.63. The van der Waals surface area contributed by atoms with Gasteiger partial charge in [-0.3, -0.25) is 14.0 Å². The van der Waals surface area contributed by atoms with Crippen LogP contribution < -0.4 is 5.56 Å². The molecule has 0 aromatic carbocycles. The summed E-state index contributed by atoms with van der Waals surface area (Å²) in [7, 11) is 1.26. The van der Waals surface area contributed by atoms with Crippen molar-refractivity contribution in [2.24, 2.45) is 0 Å². The van der Waals surface area contributed by atoms with Gasteiger partial charge in [-0.25, -0.2) is 9.67 Å². The first kappa shape index (κ1) is 10.3. The van der Waals surface area contributed by atoms with Crippen LogP contribution >= 0.6 is 0 Å². The van der Waals surface area contributed by atoms with Gasteiger partial charge in [0.1, 0.15) is 12.4 Å². The van der Waals surface area contributed by atoms with E-state index in [1.54, 1.807) is 17.5 Å². The van der Waals surface area contributed by atoms with E-state index in [1.807, 2.05) is 0 Å². The quantitative estimate of drug-likeness (QED) is 0.632. The number of fused-ring (bicyclic) bond motifs is 1. The first-order valence-electron chi connectivity index (χ1n) is 4.61. The molecule has 16 heavy (non-hydrogen) atoms. The molecule has 0 unspecified atom stereocenters. The van der Waals surface area contributed by atoms with Gasteiger partial charge >= 0.3 is 11.5 Å². The Labute approximate surface area is 90.3 Å². The molecular formula is C9H10N4O3. The SMILES string of the molecule is COC(=O)Cn1nc(C)n2ccnc2c1=O. The van der Waals surface area contributed by atoms with Crippen molar-refractivity contribution in [3.05, 3.63) is 28.6 Å². The summed E-state index contributed by atoms with van der Waals surface area (Å²) in [6, 6.07) is 0. The number of carbonyl (C=O) groups excluding carboxylic acids is 1. The van der Waals surface area contributed by atoms with E-state index in [9.17, 15) is 9.59 Å². The number of carbonyl (C=O) groups is 1. The van der Waals surface area contributed by atoms with E-state index in [1.165, 1.54) is 13.3 Å². The van der Waals surface area contributed by atoms with Crippen LogP contribution in [0.2, 0.25) is 0 Å². The van der Waals surface area contributed by atoms with E-state index in [-0.39, 0.29) is 12.2 Å². The number of aryl methyl sites for hydroxylation is 1. The van der Waals surface area contributed by atoms with Gasteiger partial charge in [0.25, 0.3) is 0 Å². The number of imidazole rings is 1. The normalized spacial score (nSPS) is 10.6. The highest BCUT2D eigenvalue weighted by atomic mass is 16.5. The Morgan fingerprint density at radius 1 is 1.56 bits per heavy atom. The van der Waals surface area contributed by atoms with Crippen molar-refractivity contribution < 1.29 is 9.53 Å². The Kier molecular flexibility index (Phi) is 2.43. The average molecular weight is 222 g/mol. The standard InChI is InChI=1S/C9H10N4O3/c1-6-11-13(5-7(14)16-2)9(15)8-10-3-4-12(6)8/h3-4H,5H2,1-2H3. The predicted molar refractivity (Wildman–Crippen MR) is 54.0 cm³/mol. The van der Waals surface area contributed by atoms with E-state index < -0.39 is 11.5 Å². The molecule has 0 atom stereocenters. The number of hydrogen-bond acceptors (Lipinski definition) is 5. The third kappa shape index (κ3) is 1.56. The van der Waals surface area contributed by atoms with Gasteiger partial charge in [-0.15, -0.1) is 0 Å². The molecule has 0 amide bonds. The van der Waals surface area contributed by atoms with Crippen LogP contribution in [0.1, 0.15) is 5.82 Å². The second-order valence-electron chi connectivity index (χ2n) is 3.21. The van der Waals surface area contributed by atoms with Crippen LogP contribution in [0.5, 0.6) is 0 Å². The summed E-state index contributed by atoms with van der Waals surface area (Å²) in [5.74, 6) is 0.0564. The molecule has 0 radical (unpaired) electrons. The summed E-state index contributed by atoms with van der Waals surface area (Å²) in [4.78, 5) is 26.8. The van der Waals surface area contributed by atoms with Gasteiger partial charge in [-0.2, -0.15) is 5.10 Å². The van der Waals surface area contributed by atoms with Crippen molar-refractivity contribution >= 4 is 11.6 Å². The Bertz CT molecular complexity index is 598. The average Bonchev–Trinajstić information content (AvgIpc) is 2.74. The third-order valence-electron chi connectivity index (χ3n) is 2.19. The number of methoxy groups -OCH3 is 1. The molecule has 0 saturated carbocycles. The van der Waals surface area contributed by atoms with Crippen LogP contribution in [0.15, 0.2) is 17.2 Å². The number of esters is 1. The van der Waals surface area contributed by atoms with Crippen LogP contribution in [0, 0.1) is 6.92 Å². The lowest BCUT2D eigenvalue weighted by Gasteiger charge is -2.05. The summed E-state index contributed by atoms with van der Waals surface area (Å²) in [6.07, 6.45) is 3.15. The first-order valence-corrected chi connectivity index (χ1v) is 4.61. The van der Waals surface area contributed by atoms with Crippen molar-refractivity contribution in [3.63, 3.8) is 0 Å². The van der Waals surface area contributed by atoms with Crippen LogP contribution in [-0.2, 0) is 16.1 Å². The zero-order valence-electron chi connectivity index (χ0n) is 8.88. The maximum atomic E-state index is 11.8. The van der Waals surface area contributed by atoms with Crippen molar-refractivity contribution in [2.45, 2.75) is 13.5 Å². The lowest BCUT2D eigenvalue weighted by molar-refractivity contribution is -0.141. The highest BCUT2D eigenvalue weighted by Crippen LogP contribution is 1.96. The number of hydrogen-bond donors (Lipinski definition) is 0. The molecule has 0 saturated heterocycles. The summed E-state index contributed by atoms with van der Waals surface area (Å²) in [5.41, 5.74) is -0.169. The number of ether oxygens (including phenoxy) is 1. The minimum absolute atomic E-state index is 0.209. The van der Waals surface area contributed by atoms with Crippen LogP contribution in [0.25, 0.3) is 5.65 Å². The maximum Gasteiger partial charge on any atom is 0.327 e. The fourth-order valence-electron chi connectivity index (χ4n) is 1.40. The van der Waals surface area contributed by atoms with Gasteiger partial charge in [0.15, 0.2) is 0 Å². The van der Waals surface area contributed by atoms with Crippen LogP contribution in [0.3, 0.4) is 0 Å². The molecular weight excluding hydrogens is 212 g/mol. The molecule has 84 valence electrons. The second kappa shape index (κ2) is 3.76. The number of nitrogens with zero attached hydrogens (tertiary/aromatic N) is 4. The molecule has 7 heteroatoms. The summed E-state index contributed by atoms with van der Waals surface area (Å²) in [6.45, 7) is 1.52. The van der Waals surface area contributed by atoms with Gasteiger partial charge in [-0.05, 0) is 6.92 Å². The third-order valence-corrected chi connectivity index (χ3v) is 2.19. The highest BCUT2D eigenvalue weighted by Gasteiger charge is 2.11. The number of rotatable bonds is 2. The van der Waals surface area contributed by atoms with Gasteiger partial charge in [0.2, 0.25) is 5.65 Å². The monoisotopic (exact) mass is 222 g/mol. The largest absolute Gasteiger partial charge is 0.468 e. The lowest BCUT2D eigenvalue weighted by atomic mass is 10.6. The fourth-order valence-corrected chi connectivity index (χ4v) is 1.40. The molecule has 0 aliphatic carbocycles. The lowest BCUT2D eigenvalue weighted by Crippen LogP contribution is -2.30. The predicted octanol–water partition coefficient (Wildman–Crippen LogP) is -0.628. The Morgan fingerprint density at radius 3 is 3.00 bits per heavy atom. The van der Waals surface area contributed by atoms with Gasteiger partial charge in [0, 0.05) is 12.4 Å². The molecule has 0 N–H and O–H groups in total. The van der Waals surface area contributed by atoms with E-state index in [2.05, 4.69) is 14.8 Å². The zero-order chi connectivity index (χ0) is 11.7. The minimum atomic E-state index is -0.523. The molecule has 0 aliphatic heterocycles. The summed E-state index contributed by atoms with van der Waals surface area (Å²) >= 11 is 0. The molecule has 0 fully saturated rings. The molecule has 2 rings (SSSR count). The number of aromatic nitrogens is 4. The van der Waals surface area contributed by atoms with Crippen LogP contribution in [-0.4, -0.2) is 32.2 Å². The minimum Gasteiger partial charge on any atom is -0.468 e. The smallest absolute Gasteiger partial charge is 0.327 e. The summed E-state index contributed by atoms with van der Waals surface area (Å²) < 4.78 is 7.09. The van der Waals surface area contributed by atoms with Crippen molar-refractivity contribution in [3.8, 4) is 0 Å². The fraction of sp³-hybridized carbons (Fsp3) is 0.333. The molecule has 0 spiro atoms. The van der Waals surface area contributed by atoms with Gasteiger partial charge < -0.3 is 4.74 Å².